The minimum Gasteiger partial charge on any atom is -0.372 e. The lowest BCUT2D eigenvalue weighted by Crippen LogP contribution is -2.29. The molecule has 4 rings (SSSR count). The Labute approximate surface area is 184 Å². The van der Waals surface area contributed by atoms with Crippen molar-refractivity contribution in [3.8, 4) is 0 Å². The topological polar surface area (TPSA) is 81.8 Å². The smallest absolute Gasteiger partial charge is 0.241 e. The van der Waals surface area contributed by atoms with E-state index in [-0.39, 0.29) is 0 Å². The molecule has 1 fully saturated rings. The summed E-state index contributed by atoms with van der Waals surface area (Å²) in [5, 5.41) is 2.72. The number of fused-ring (bicyclic) bond motifs is 1. The third-order valence-corrected chi connectivity index (χ3v) is 7.11. The lowest BCUT2D eigenvalue weighted by atomic mass is 10.1. The van der Waals surface area contributed by atoms with Crippen LogP contribution < -0.4 is 19.8 Å². The fourth-order valence-electron chi connectivity index (χ4n) is 4.33. The number of nitrogens with zero attached hydrogens (tertiary/aromatic N) is 2. The molecule has 1 amide bonds. The van der Waals surface area contributed by atoms with Crippen LogP contribution in [0.5, 0.6) is 0 Å². The molecular weight excluding hydrogens is 412 g/mol. The molecule has 2 aliphatic rings. The number of piperidine rings is 1. The second-order valence-corrected chi connectivity index (χ2v) is 9.90. The first-order valence-corrected chi connectivity index (χ1v) is 12.6. The zero-order valence-electron chi connectivity index (χ0n) is 17.9. The van der Waals surface area contributed by atoms with Gasteiger partial charge in [-0.1, -0.05) is 6.07 Å². The number of hydrogen-bond acceptors (Lipinski definition) is 5. The molecular formula is C23H30N4O3S. The Kier molecular flexibility index (Phi) is 6.36. The van der Waals surface area contributed by atoms with Crippen molar-refractivity contribution in [1.29, 1.82) is 0 Å². The summed E-state index contributed by atoms with van der Waals surface area (Å²) in [6, 6.07) is 13.1. The Morgan fingerprint density at radius 2 is 1.68 bits per heavy atom. The van der Waals surface area contributed by atoms with E-state index in [1.165, 1.54) is 24.8 Å². The molecule has 1 saturated heterocycles. The summed E-state index contributed by atoms with van der Waals surface area (Å²) in [7, 11) is -3.80. The highest BCUT2D eigenvalue weighted by Crippen LogP contribution is 2.30. The van der Waals surface area contributed by atoms with Crippen LogP contribution in [0.25, 0.3) is 0 Å². The van der Waals surface area contributed by atoms with Crippen LogP contribution in [0.2, 0.25) is 0 Å². The average molecular weight is 443 g/mol. The van der Waals surface area contributed by atoms with Gasteiger partial charge < -0.3 is 15.1 Å². The van der Waals surface area contributed by atoms with Crippen LogP contribution in [0.15, 0.2) is 42.5 Å². The van der Waals surface area contributed by atoms with Gasteiger partial charge in [0.15, 0.2) is 0 Å². The number of sulfonamides is 1. The molecule has 0 saturated carbocycles. The summed E-state index contributed by atoms with van der Waals surface area (Å²) in [6.45, 7) is 6.03. The first kappa shape index (κ1) is 21.5. The van der Waals surface area contributed by atoms with Crippen LogP contribution in [0.3, 0.4) is 0 Å². The predicted octanol–water partition coefficient (Wildman–Crippen LogP) is 3.44. The molecule has 0 spiro atoms. The van der Waals surface area contributed by atoms with E-state index >= 15 is 0 Å². The molecule has 0 unspecified atom stereocenters. The van der Waals surface area contributed by atoms with Gasteiger partial charge in [-0.05, 0) is 74.6 Å². The van der Waals surface area contributed by atoms with E-state index in [0.717, 1.165) is 44.0 Å². The maximum absolute atomic E-state index is 12.5. The zero-order valence-corrected chi connectivity index (χ0v) is 18.7. The molecule has 166 valence electrons. The van der Waals surface area contributed by atoms with Gasteiger partial charge in [-0.3, -0.25) is 9.52 Å². The van der Waals surface area contributed by atoms with Crippen molar-refractivity contribution in [2.75, 3.05) is 51.8 Å². The summed E-state index contributed by atoms with van der Waals surface area (Å²) in [5.74, 6) is -1.19. The highest BCUT2D eigenvalue weighted by atomic mass is 32.2. The van der Waals surface area contributed by atoms with Crippen LogP contribution >= 0.6 is 0 Å². The number of rotatable bonds is 7. The molecule has 0 aromatic heterocycles. The molecule has 0 aliphatic carbocycles. The van der Waals surface area contributed by atoms with E-state index in [0.29, 0.717) is 11.4 Å². The molecule has 31 heavy (non-hydrogen) atoms. The van der Waals surface area contributed by atoms with Crippen molar-refractivity contribution in [2.24, 2.45) is 0 Å². The fraction of sp³-hybridized carbons (Fsp3) is 0.435. The molecule has 2 heterocycles. The molecule has 0 atom stereocenters. The quantitative estimate of drug-likeness (QED) is 0.687. The summed E-state index contributed by atoms with van der Waals surface area (Å²) in [6.07, 6.45) is 4.62. The molecule has 0 radical (unpaired) electrons. The number of anilines is 4. The van der Waals surface area contributed by atoms with Crippen LogP contribution in [-0.2, 0) is 21.2 Å². The molecule has 2 N–H and O–H groups in total. The largest absolute Gasteiger partial charge is 0.372 e. The number of carbonyl (C=O) groups excluding carboxylic acids is 1. The van der Waals surface area contributed by atoms with E-state index < -0.39 is 21.7 Å². The van der Waals surface area contributed by atoms with E-state index in [1.54, 1.807) is 12.1 Å². The lowest BCUT2D eigenvalue weighted by Gasteiger charge is -2.28. The zero-order chi connectivity index (χ0) is 21.8. The third-order valence-electron chi connectivity index (χ3n) is 5.93. The number of carbonyl (C=O) groups is 1. The highest BCUT2D eigenvalue weighted by Gasteiger charge is 2.20. The summed E-state index contributed by atoms with van der Waals surface area (Å²) >= 11 is 0. The first-order chi connectivity index (χ1) is 14.9. The van der Waals surface area contributed by atoms with Crippen molar-refractivity contribution in [2.45, 2.75) is 32.6 Å². The molecule has 2 aliphatic heterocycles. The molecule has 2 aromatic carbocycles. The van der Waals surface area contributed by atoms with Crippen molar-refractivity contribution in [3.63, 3.8) is 0 Å². The Morgan fingerprint density at radius 1 is 0.968 bits per heavy atom. The Morgan fingerprint density at radius 3 is 2.39 bits per heavy atom. The van der Waals surface area contributed by atoms with E-state index in [9.17, 15) is 13.2 Å². The van der Waals surface area contributed by atoms with Crippen LogP contribution in [0.4, 0.5) is 22.7 Å². The van der Waals surface area contributed by atoms with Crippen molar-refractivity contribution in [1.82, 2.24) is 0 Å². The number of nitrogens with one attached hydrogen (secondary N) is 2. The van der Waals surface area contributed by atoms with Crippen molar-refractivity contribution in [3.05, 3.63) is 48.0 Å². The minimum atomic E-state index is -3.80. The number of benzene rings is 2. The lowest BCUT2D eigenvalue weighted by molar-refractivity contribution is -0.113. The van der Waals surface area contributed by atoms with Gasteiger partial charge in [0, 0.05) is 48.9 Å². The van der Waals surface area contributed by atoms with E-state index in [1.807, 2.05) is 30.3 Å². The second-order valence-electron chi connectivity index (χ2n) is 8.18. The highest BCUT2D eigenvalue weighted by molar-refractivity contribution is 7.93. The van der Waals surface area contributed by atoms with Gasteiger partial charge in [0.05, 0.1) is 0 Å². The van der Waals surface area contributed by atoms with Gasteiger partial charge in [-0.2, -0.15) is 0 Å². The number of hydrogen-bond donors (Lipinski definition) is 2. The van der Waals surface area contributed by atoms with Crippen molar-refractivity contribution >= 4 is 38.7 Å². The van der Waals surface area contributed by atoms with Crippen LogP contribution in [0, 0.1) is 0 Å². The monoisotopic (exact) mass is 442 g/mol. The SMILES string of the molecule is CCN1CCc2ccc(NC(=O)CS(=O)(=O)Nc3ccc(N4CCCCC4)cc3)cc21. The predicted molar refractivity (Wildman–Crippen MR) is 127 cm³/mol. The average Bonchev–Trinajstić information content (AvgIpc) is 3.16. The summed E-state index contributed by atoms with van der Waals surface area (Å²) < 4.78 is 27.5. The maximum atomic E-state index is 12.5. The maximum Gasteiger partial charge on any atom is 0.241 e. The van der Waals surface area contributed by atoms with Crippen molar-refractivity contribution < 1.29 is 13.2 Å². The number of likely N-dealkylation sites (N-methyl/N-ethyl adjacent to an activating group) is 1. The Bertz CT molecular complexity index is 1030. The van der Waals surface area contributed by atoms with Gasteiger partial charge in [0.1, 0.15) is 5.75 Å². The van der Waals surface area contributed by atoms with Gasteiger partial charge in [0.2, 0.25) is 15.9 Å². The van der Waals surface area contributed by atoms with Gasteiger partial charge in [0.25, 0.3) is 0 Å². The number of amides is 1. The molecule has 0 bridgehead atoms. The summed E-state index contributed by atoms with van der Waals surface area (Å²) in [5.41, 5.74) is 4.53. The Hall–Kier alpha value is -2.74. The first-order valence-electron chi connectivity index (χ1n) is 11.0. The van der Waals surface area contributed by atoms with E-state index in [4.69, 9.17) is 0 Å². The molecule has 7 nitrogen and oxygen atoms in total. The standard InChI is InChI=1S/C23H30N4O3S/c1-2-26-15-12-18-6-7-20(16-22(18)26)24-23(28)17-31(29,30)25-19-8-10-21(11-9-19)27-13-4-3-5-14-27/h6-11,16,25H,2-5,12-15,17H2,1H3,(H,24,28). The van der Waals surface area contributed by atoms with Crippen LogP contribution in [-0.4, -0.2) is 46.3 Å². The normalized spacial score (nSPS) is 16.2. The summed E-state index contributed by atoms with van der Waals surface area (Å²) in [4.78, 5) is 16.9. The minimum absolute atomic E-state index is 0.463. The van der Waals surface area contributed by atoms with Gasteiger partial charge >= 0.3 is 0 Å². The van der Waals surface area contributed by atoms with Gasteiger partial charge in [-0.15, -0.1) is 0 Å². The Balaban J connectivity index is 1.35. The molecule has 2 aromatic rings. The third kappa shape index (κ3) is 5.31. The molecule has 8 heteroatoms. The second kappa shape index (κ2) is 9.18. The van der Waals surface area contributed by atoms with Crippen LogP contribution in [0.1, 0.15) is 31.7 Å². The van der Waals surface area contributed by atoms with Gasteiger partial charge in [-0.25, -0.2) is 8.42 Å². The van der Waals surface area contributed by atoms with E-state index in [2.05, 4.69) is 26.8 Å². The fourth-order valence-corrected chi connectivity index (χ4v) is 5.31.